The van der Waals surface area contributed by atoms with E-state index in [0.29, 0.717) is 22.9 Å². The van der Waals surface area contributed by atoms with Crippen LogP contribution in [0.4, 0.5) is 5.69 Å². The Morgan fingerprint density at radius 2 is 2.33 bits per heavy atom. The summed E-state index contributed by atoms with van der Waals surface area (Å²) in [7, 11) is 0. The van der Waals surface area contributed by atoms with Crippen LogP contribution in [0.1, 0.15) is 16.8 Å². The molecule has 0 saturated carbocycles. The summed E-state index contributed by atoms with van der Waals surface area (Å²) in [4.78, 5) is 14.5. The molecule has 0 fully saturated rings. The van der Waals surface area contributed by atoms with E-state index < -0.39 is 5.97 Å². The highest BCUT2D eigenvalue weighted by atomic mass is 32.2. The Labute approximate surface area is 91.3 Å². The number of thioether (sulfide) groups is 1. The minimum atomic E-state index is -1.04. The van der Waals surface area contributed by atoms with Gasteiger partial charge >= 0.3 is 5.97 Å². The molecule has 0 spiro atoms. The van der Waals surface area contributed by atoms with Crippen molar-refractivity contribution in [2.24, 2.45) is 0 Å². The number of nitrogens with two attached hydrogens (primary N) is 1. The lowest BCUT2D eigenvalue weighted by Gasteiger charge is -2.04. The minimum Gasteiger partial charge on any atom is -0.478 e. The highest BCUT2D eigenvalue weighted by Gasteiger charge is 2.07. The van der Waals surface area contributed by atoms with E-state index in [-0.39, 0.29) is 12.2 Å². The third-order valence-corrected chi connectivity index (χ3v) is 2.77. The zero-order valence-corrected chi connectivity index (χ0v) is 8.83. The molecule has 0 amide bonds. The number of pyridine rings is 1. The Balaban J connectivity index is 2.70. The maximum Gasteiger partial charge on any atom is 0.337 e. The number of hydrogen-bond acceptors (Lipinski definition) is 5. The van der Waals surface area contributed by atoms with Crippen molar-refractivity contribution < 1.29 is 15.0 Å². The van der Waals surface area contributed by atoms with E-state index in [1.165, 1.54) is 24.0 Å². The molecule has 1 aromatic rings. The molecule has 0 aliphatic rings. The van der Waals surface area contributed by atoms with Gasteiger partial charge in [-0.3, -0.25) is 0 Å². The van der Waals surface area contributed by atoms with Crippen LogP contribution >= 0.6 is 11.8 Å². The number of aliphatic hydroxyl groups excluding tert-OH is 1. The monoisotopic (exact) mass is 228 g/mol. The quantitative estimate of drug-likeness (QED) is 0.510. The molecule has 0 aromatic carbocycles. The van der Waals surface area contributed by atoms with Crippen LogP contribution in [-0.2, 0) is 0 Å². The van der Waals surface area contributed by atoms with Crippen molar-refractivity contribution >= 4 is 23.4 Å². The average molecular weight is 228 g/mol. The summed E-state index contributed by atoms with van der Waals surface area (Å²) in [6.07, 6.45) is 1.94. The Bertz CT molecular complexity index is 357. The van der Waals surface area contributed by atoms with Crippen molar-refractivity contribution in [3.8, 4) is 0 Å². The molecule has 0 atom stereocenters. The Kier molecular flexibility index (Phi) is 4.38. The zero-order chi connectivity index (χ0) is 11.3. The summed E-state index contributed by atoms with van der Waals surface area (Å²) >= 11 is 1.40. The third-order valence-electron chi connectivity index (χ3n) is 1.67. The smallest absolute Gasteiger partial charge is 0.337 e. The van der Waals surface area contributed by atoms with Crippen LogP contribution < -0.4 is 5.73 Å². The fraction of sp³-hybridized carbons (Fsp3) is 0.333. The van der Waals surface area contributed by atoms with E-state index in [9.17, 15) is 4.79 Å². The summed E-state index contributed by atoms with van der Waals surface area (Å²) in [5, 5.41) is 17.9. The predicted octanol–water partition coefficient (Wildman–Crippen LogP) is 0.837. The van der Waals surface area contributed by atoms with Gasteiger partial charge in [0.2, 0.25) is 0 Å². The number of rotatable bonds is 5. The highest BCUT2D eigenvalue weighted by Crippen LogP contribution is 2.23. The molecule has 15 heavy (non-hydrogen) atoms. The van der Waals surface area contributed by atoms with E-state index >= 15 is 0 Å². The lowest BCUT2D eigenvalue weighted by atomic mass is 10.3. The van der Waals surface area contributed by atoms with Gasteiger partial charge in [0.25, 0.3) is 0 Å². The number of hydrogen-bond donors (Lipinski definition) is 3. The fourth-order valence-corrected chi connectivity index (χ4v) is 1.76. The van der Waals surface area contributed by atoms with Crippen LogP contribution in [0.25, 0.3) is 0 Å². The van der Waals surface area contributed by atoms with Crippen molar-refractivity contribution in [1.82, 2.24) is 4.98 Å². The second-order valence-electron chi connectivity index (χ2n) is 2.85. The molecule has 0 saturated heterocycles. The largest absolute Gasteiger partial charge is 0.478 e. The summed E-state index contributed by atoms with van der Waals surface area (Å²) in [5.74, 6) is -0.332. The van der Waals surface area contributed by atoms with E-state index in [0.717, 1.165) is 0 Å². The van der Waals surface area contributed by atoms with Gasteiger partial charge in [0.15, 0.2) is 0 Å². The predicted molar refractivity (Wildman–Crippen MR) is 58.0 cm³/mol. The van der Waals surface area contributed by atoms with Gasteiger partial charge in [0, 0.05) is 18.6 Å². The maximum atomic E-state index is 10.6. The Morgan fingerprint density at radius 1 is 1.60 bits per heavy atom. The lowest BCUT2D eigenvalue weighted by Crippen LogP contribution is -2.01. The second-order valence-corrected chi connectivity index (χ2v) is 3.93. The maximum absolute atomic E-state index is 10.6. The van der Waals surface area contributed by atoms with Crippen LogP contribution in [0.5, 0.6) is 0 Å². The highest BCUT2D eigenvalue weighted by molar-refractivity contribution is 7.99. The minimum absolute atomic E-state index is 0.0824. The fourth-order valence-electron chi connectivity index (χ4n) is 0.940. The summed E-state index contributed by atoms with van der Waals surface area (Å²) < 4.78 is 0. The van der Waals surface area contributed by atoms with Gasteiger partial charge < -0.3 is 15.9 Å². The molecule has 0 radical (unpaired) electrons. The zero-order valence-electron chi connectivity index (χ0n) is 8.01. The molecular formula is C9H12N2O3S. The number of carboxylic acids is 1. The van der Waals surface area contributed by atoms with E-state index in [4.69, 9.17) is 15.9 Å². The molecular weight excluding hydrogens is 216 g/mol. The van der Waals surface area contributed by atoms with Crippen molar-refractivity contribution in [2.45, 2.75) is 11.4 Å². The SMILES string of the molecule is Nc1cc(C(=O)O)cnc1SCCCO. The normalized spacial score (nSPS) is 10.2. The first kappa shape index (κ1) is 11.8. The van der Waals surface area contributed by atoms with Gasteiger partial charge in [-0.15, -0.1) is 11.8 Å². The third kappa shape index (κ3) is 3.41. The second kappa shape index (κ2) is 5.57. The molecule has 82 valence electrons. The molecule has 1 aromatic heterocycles. The van der Waals surface area contributed by atoms with Crippen molar-refractivity contribution in [3.05, 3.63) is 17.8 Å². The van der Waals surface area contributed by atoms with Crippen LogP contribution in [0.2, 0.25) is 0 Å². The van der Waals surface area contributed by atoms with Gasteiger partial charge in [-0.25, -0.2) is 9.78 Å². The van der Waals surface area contributed by atoms with Crippen LogP contribution in [0, 0.1) is 0 Å². The van der Waals surface area contributed by atoms with Crippen LogP contribution in [-0.4, -0.2) is 33.5 Å². The van der Waals surface area contributed by atoms with Gasteiger partial charge in [-0.05, 0) is 12.5 Å². The van der Waals surface area contributed by atoms with Crippen molar-refractivity contribution in [2.75, 3.05) is 18.1 Å². The number of carboxylic acid groups (broad SMARTS) is 1. The molecule has 6 heteroatoms. The molecule has 0 aliphatic carbocycles. The van der Waals surface area contributed by atoms with Crippen molar-refractivity contribution in [3.63, 3.8) is 0 Å². The molecule has 5 nitrogen and oxygen atoms in total. The van der Waals surface area contributed by atoms with Gasteiger partial charge in [0.05, 0.1) is 11.3 Å². The number of carbonyl (C=O) groups is 1. The average Bonchev–Trinajstić information content (AvgIpc) is 2.20. The van der Waals surface area contributed by atoms with E-state index in [2.05, 4.69) is 4.98 Å². The van der Waals surface area contributed by atoms with Gasteiger partial charge in [-0.2, -0.15) is 0 Å². The number of anilines is 1. The number of aromatic carboxylic acids is 1. The Morgan fingerprint density at radius 3 is 2.87 bits per heavy atom. The molecule has 1 rings (SSSR count). The molecule has 0 bridgehead atoms. The molecule has 4 N–H and O–H groups in total. The molecule has 1 heterocycles. The molecule has 0 unspecified atom stereocenters. The van der Waals surface area contributed by atoms with E-state index in [1.54, 1.807) is 0 Å². The number of aliphatic hydroxyl groups is 1. The van der Waals surface area contributed by atoms with Gasteiger partial charge in [0.1, 0.15) is 5.03 Å². The number of aromatic nitrogens is 1. The number of nitrogen functional groups attached to an aromatic ring is 1. The lowest BCUT2D eigenvalue weighted by molar-refractivity contribution is 0.0696. The standard InChI is InChI=1S/C9H12N2O3S/c10-7-4-6(9(13)14)5-11-8(7)15-3-1-2-12/h4-5,12H,1-3,10H2,(H,13,14). The Hall–Kier alpha value is -1.27. The summed E-state index contributed by atoms with van der Waals surface area (Å²) in [6, 6.07) is 1.39. The van der Waals surface area contributed by atoms with Crippen molar-refractivity contribution in [1.29, 1.82) is 0 Å². The van der Waals surface area contributed by atoms with Crippen LogP contribution in [0.3, 0.4) is 0 Å². The first-order valence-electron chi connectivity index (χ1n) is 4.37. The topological polar surface area (TPSA) is 96.4 Å². The summed E-state index contributed by atoms with van der Waals surface area (Å²) in [5.41, 5.74) is 6.07. The summed E-state index contributed by atoms with van der Waals surface area (Å²) in [6.45, 7) is 0.125. The number of nitrogens with zero attached hydrogens (tertiary/aromatic N) is 1. The first-order chi connectivity index (χ1) is 7.15. The first-order valence-corrected chi connectivity index (χ1v) is 5.36. The molecule has 0 aliphatic heterocycles. The van der Waals surface area contributed by atoms with Crippen LogP contribution in [0.15, 0.2) is 17.3 Å². The van der Waals surface area contributed by atoms with Gasteiger partial charge in [-0.1, -0.05) is 0 Å². The van der Waals surface area contributed by atoms with E-state index in [1.807, 2.05) is 0 Å².